The van der Waals surface area contributed by atoms with E-state index in [0.717, 1.165) is 29.5 Å². The molecule has 86 valence electrons. The smallest absolute Gasteiger partial charge is 0.0897 e. The molecule has 15 heavy (non-hydrogen) atoms. The van der Waals surface area contributed by atoms with Gasteiger partial charge < -0.3 is 5.73 Å². The fourth-order valence-electron chi connectivity index (χ4n) is 1.66. The third-order valence-corrected chi connectivity index (χ3v) is 3.32. The molecule has 0 amide bonds. The molecule has 1 aromatic rings. The average Bonchev–Trinajstić information content (AvgIpc) is 2.50. The van der Waals surface area contributed by atoms with Crippen LogP contribution < -0.4 is 5.73 Å². The molecule has 0 saturated heterocycles. The minimum absolute atomic E-state index is 0.283. The Labute approximate surface area is 96.9 Å². The molecule has 1 heterocycles. The number of hydrogen-bond acceptors (Lipinski definition) is 3. The van der Waals surface area contributed by atoms with Crippen LogP contribution >= 0.6 is 11.3 Å². The summed E-state index contributed by atoms with van der Waals surface area (Å²) in [6.45, 7) is 6.56. The molecule has 2 nitrogen and oxygen atoms in total. The molecule has 1 unspecified atom stereocenters. The summed E-state index contributed by atoms with van der Waals surface area (Å²) in [6.07, 6.45) is 4.57. The Bertz CT molecular complexity index is 281. The third kappa shape index (κ3) is 5.28. The molecule has 0 aliphatic heterocycles. The van der Waals surface area contributed by atoms with E-state index in [1.54, 1.807) is 11.3 Å². The Hall–Kier alpha value is -0.410. The van der Waals surface area contributed by atoms with E-state index in [4.69, 9.17) is 5.73 Å². The van der Waals surface area contributed by atoms with Crippen LogP contribution in [-0.4, -0.2) is 11.0 Å². The first-order chi connectivity index (χ1) is 7.08. The SMILES string of the molecule is Cc1nc(CC(N)CCCC(C)C)cs1. The molecule has 0 aliphatic rings. The number of thiazole rings is 1. The molecule has 0 aliphatic carbocycles. The Kier molecular flexibility index (Phi) is 5.26. The van der Waals surface area contributed by atoms with Crippen LogP contribution in [0, 0.1) is 12.8 Å². The van der Waals surface area contributed by atoms with Crippen molar-refractivity contribution in [3.63, 3.8) is 0 Å². The molecule has 0 fully saturated rings. The predicted octanol–water partition coefficient (Wildman–Crippen LogP) is 3.15. The Morgan fingerprint density at radius 2 is 2.13 bits per heavy atom. The van der Waals surface area contributed by atoms with Gasteiger partial charge in [-0.1, -0.05) is 26.7 Å². The van der Waals surface area contributed by atoms with E-state index in [-0.39, 0.29) is 6.04 Å². The van der Waals surface area contributed by atoms with Gasteiger partial charge in [0.2, 0.25) is 0 Å². The van der Waals surface area contributed by atoms with Gasteiger partial charge in [-0.15, -0.1) is 11.3 Å². The van der Waals surface area contributed by atoms with Crippen molar-refractivity contribution in [2.75, 3.05) is 0 Å². The summed E-state index contributed by atoms with van der Waals surface area (Å²) in [5.41, 5.74) is 7.23. The second-order valence-corrected chi connectivity index (χ2v) is 5.71. The highest BCUT2D eigenvalue weighted by Crippen LogP contribution is 2.13. The topological polar surface area (TPSA) is 38.9 Å². The van der Waals surface area contributed by atoms with Gasteiger partial charge in [0.25, 0.3) is 0 Å². The highest BCUT2D eigenvalue weighted by Gasteiger charge is 2.07. The standard InChI is InChI=1S/C12H22N2S/c1-9(2)5-4-6-11(13)7-12-8-15-10(3)14-12/h8-9,11H,4-7,13H2,1-3H3. The van der Waals surface area contributed by atoms with Crippen molar-refractivity contribution in [1.82, 2.24) is 4.98 Å². The first-order valence-corrected chi connectivity index (χ1v) is 6.62. The van der Waals surface area contributed by atoms with E-state index in [2.05, 4.69) is 24.2 Å². The summed E-state index contributed by atoms with van der Waals surface area (Å²) in [6, 6.07) is 0.283. The Morgan fingerprint density at radius 3 is 2.67 bits per heavy atom. The average molecular weight is 226 g/mol. The summed E-state index contributed by atoms with van der Waals surface area (Å²) in [5, 5.41) is 3.26. The van der Waals surface area contributed by atoms with Crippen LogP contribution in [0.5, 0.6) is 0 Å². The Balaban J connectivity index is 2.21. The maximum absolute atomic E-state index is 6.07. The zero-order valence-electron chi connectivity index (χ0n) is 9.99. The lowest BCUT2D eigenvalue weighted by Gasteiger charge is -2.10. The number of nitrogens with zero attached hydrogens (tertiary/aromatic N) is 1. The minimum atomic E-state index is 0.283. The Morgan fingerprint density at radius 1 is 1.40 bits per heavy atom. The largest absolute Gasteiger partial charge is 0.327 e. The van der Waals surface area contributed by atoms with Crippen molar-refractivity contribution in [3.05, 3.63) is 16.1 Å². The number of aromatic nitrogens is 1. The maximum atomic E-state index is 6.07. The number of aryl methyl sites for hydroxylation is 1. The number of hydrogen-bond donors (Lipinski definition) is 1. The number of nitrogens with two attached hydrogens (primary N) is 1. The molecule has 1 atom stereocenters. The van der Waals surface area contributed by atoms with E-state index in [1.807, 2.05) is 6.92 Å². The molecule has 0 spiro atoms. The van der Waals surface area contributed by atoms with Crippen LogP contribution in [0.1, 0.15) is 43.8 Å². The van der Waals surface area contributed by atoms with Crippen molar-refractivity contribution < 1.29 is 0 Å². The van der Waals surface area contributed by atoms with Gasteiger partial charge in [0, 0.05) is 17.8 Å². The molecule has 0 aromatic carbocycles. The van der Waals surface area contributed by atoms with Crippen LogP contribution in [0.3, 0.4) is 0 Å². The monoisotopic (exact) mass is 226 g/mol. The first kappa shape index (κ1) is 12.7. The van der Waals surface area contributed by atoms with Gasteiger partial charge in [0.15, 0.2) is 0 Å². The molecular weight excluding hydrogens is 204 g/mol. The maximum Gasteiger partial charge on any atom is 0.0897 e. The fourth-order valence-corrected chi connectivity index (χ4v) is 2.29. The van der Waals surface area contributed by atoms with Gasteiger partial charge in [-0.3, -0.25) is 0 Å². The quantitative estimate of drug-likeness (QED) is 0.809. The van der Waals surface area contributed by atoms with Crippen molar-refractivity contribution in [2.24, 2.45) is 11.7 Å². The minimum Gasteiger partial charge on any atom is -0.327 e. The normalized spacial score (nSPS) is 13.4. The lowest BCUT2D eigenvalue weighted by atomic mass is 10.0. The highest BCUT2D eigenvalue weighted by molar-refractivity contribution is 7.09. The summed E-state index contributed by atoms with van der Waals surface area (Å²) in [5.74, 6) is 0.790. The zero-order valence-corrected chi connectivity index (χ0v) is 10.8. The van der Waals surface area contributed by atoms with Crippen molar-refractivity contribution in [2.45, 2.75) is 52.5 Å². The zero-order chi connectivity index (χ0) is 11.3. The first-order valence-electron chi connectivity index (χ1n) is 5.74. The molecule has 3 heteroatoms. The van der Waals surface area contributed by atoms with Gasteiger partial charge in [-0.25, -0.2) is 4.98 Å². The van der Waals surface area contributed by atoms with Gasteiger partial charge in [-0.05, 0) is 19.3 Å². The lowest BCUT2D eigenvalue weighted by molar-refractivity contribution is 0.494. The van der Waals surface area contributed by atoms with Crippen molar-refractivity contribution in [3.8, 4) is 0 Å². The van der Waals surface area contributed by atoms with Crippen LogP contribution in [0.15, 0.2) is 5.38 Å². The molecule has 0 radical (unpaired) electrons. The second-order valence-electron chi connectivity index (χ2n) is 4.65. The van der Waals surface area contributed by atoms with Crippen LogP contribution in [-0.2, 0) is 6.42 Å². The molecular formula is C12H22N2S. The number of rotatable bonds is 6. The van der Waals surface area contributed by atoms with E-state index in [1.165, 1.54) is 12.8 Å². The second kappa shape index (κ2) is 6.23. The van der Waals surface area contributed by atoms with Crippen molar-refractivity contribution in [1.29, 1.82) is 0 Å². The summed E-state index contributed by atoms with van der Waals surface area (Å²) < 4.78 is 0. The van der Waals surface area contributed by atoms with E-state index in [9.17, 15) is 0 Å². The summed E-state index contributed by atoms with van der Waals surface area (Å²) >= 11 is 1.71. The van der Waals surface area contributed by atoms with E-state index in [0.29, 0.717) is 0 Å². The molecule has 1 aromatic heterocycles. The van der Waals surface area contributed by atoms with Crippen LogP contribution in [0.2, 0.25) is 0 Å². The summed E-state index contributed by atoms with van der Waals surface area (Å²) in [7, 11) is 0. The summed E-state index contributed by atoms with van der Waals surface area (Å²) in [4.78, 5) is 4.43. The van der Waals surface area contributed by atoms with Gasteiger partial charge in [-0.2, -0.15) is 0 Å². The van der Waals surface area contributed by atoms with E-state index >= 15 is 0 Å². The predicted molar refractivity (Wildman–Crippen MR) is 67.2 cm³/mol. The highest BCUT2D eigenvalue weighted by atomic mass is 32.1. The van der Waals surface area contributed by atoms with E-state index < -0.39 is 0 Å². The van der Waals surface area contributed by atoms with Crippen molar-refractivity contribution >= 4 is 11.3 Å². The fraction of sp³-hybridized carbons (Fsp3) is 0.750. The van der Waals surface area contributed by atoms with Gasteiger partial charge in [0.05, 0.1) is 10.7 Å². The molecule has 1 rings (SSSR count). The molecule has 0 saturated carbocycles. The van der Waals surface area contributed by atoms with Crippen LogP contribution in [0.25, 0.3) is 0 Å². The van der Waals surface area contributed by atoms with Gasteiger partial charge >= 0.3 is 0 Å². The van der Waals surface area contributed by atoms with Gasteiger partial charge in [0.1, 0.15) is 0 Å². The lowest BCUT2D eigenvalue weighted by Crippen LogP contribution is -2.22. The van der Waals surface area contributed by atoms with Crippen LogP contribution in [0.4, 0.5) is 0 Å². The third-order valence-electron chi connectivity index (χ3n) is 2.49. The molecule has 0 bridgehead atoms. The molecule has 2 N–H and O–H groups in total.